The summed E-state index contributed by atoms with van der Waals surface area (Å²) in [6, 6.07) is 15.4. The number of nitrogens with one attached hydrogen (secondary N) is 1. The number of thiol groups is 1. The Hall–Kier alpha value is -3.30. The van der Waals surface area contributed by atoms with Gasteiger partial charge in [0.2, 0.25) is 0 Å². The van der Waals surface area contributed by atoms with Gasteiger partial charge in [-0.05, 0) is 92.1 Å². The number of aryl methyl sites for hydroxylation is 1. The summed E-state index contributed by atoms with van der Waals surface area (Å²) in [5.41, 5.74) is 5.05. The molecule has 0 radical (unpaired) electrons. The summed E-state index contributed by atoms with van der Waals surface area (Å²) >= 11 is 0. The summed E-state index contributed by atoms with van der Waals surface area (Å²) in [6.45, 7) is 6.86. The largest absolute Gasteiger partial charge is 0.377 e. The average Bonchev–Trinajstić information content (AvgIpc) is 2.92. The lowest BCUT2D eigenvalue weighted by atomic mass is 9.82. The van der Waals surface area contributed by atoms with Crippen molar-refractivity contribution in [3.8, 4) is 11.1 Å². The average molecular weight is 552 g/mol. The molecule has 39 heavy (non-hydrogen) atoms. The summed E-state index contributed by atoms with van der Waals surface area (Å²) in [5.74, 6) is 0.0978. The quantitative estimate of drug-likeness (QED) is 0.407. The van der Waals surface area contributed by atoms with Gasteiger partial charge < -0.3 is 15.0 Å². The Kier molecular flexibility index (Phi) is 7.73. The molecular formula is C30H34FN3O4S. The van der Waals surface area contributed by atoms with Gasteiger partial charge >= 0.3 is 0 Å². The number of anilines is 2. The van der Waals surface area contributed by atoms with Crippen LogP contribution in [0.3, 0.4) is 0 Å². The molecule has 2 aliphatic heterocycles. The number of rotatable bonds is 7. The number of carbonyl (C=O) groups excluding carboxylic acids is 1. The van der Waals surface area contributed by atoms with Crippen LogP contribution in [0.2, 0.25) is 0 Å². The Bertz CT molecular complexity index is 1460. The molecule has 3 heterocycles. The minimum Gasteiger partial charge on any atom is -0.377 e. The second-order valence-corrected chi connectivity index (χ2v) is 12.0. The summed E-state index contributed by atoms with van der Waals surface area (Å²) in [6.07, 6.45) is 2.90. The number of nitrogens with zero attached hydrogens (tertiary/aromatic N) is 2. The van der Waals surface area contributed by atoms with Crippen molar-refractivity contribution in [1.82, 2.24) is 4.98 Å². The highest BCUT2D eigenvalue weighted by Gasteiger charge is 2.36. The first-order valence-electron chi connectivity index (χ1n) is 13.3. The molecule has 7 nitrogen and oxygen atoms in total. The van der Waals surface area contributed by atoms with Crippen molar-refractivity contribution >= 4 is 28.0 Å². The summed E-state index contributed by atoms with van der Waals surface area (Å²) in [7, 11) is -2.40. The molecule has 1 amide bonds. The molecule has 1 saturated heterocycles. The molecular weight excluding hydrogens is 517 g/mol. The van der Waals surface area contributed by atoms with E-state index >= 15 is 0 Å². The molecule has 3 aromatic rings. The molecule has 2 aromatic carbocycles. The Labute approximate surface area is 230 Å². The van der Waals surface area contributed by atoms with Gasteiger partial charge in [-0.15, -0.1) is 0 Å². The molecule has 1 aromatic heterocycles. The lowest BCUT2D eigenvalue weighted by molar-refractivity contribution is 0.0714. The van der Waals surface area contributed by atoms with Crippen molar-refractivity contribution in [3.63, 3.8) is 0 Å². The lowest BCUT2D eigenvalue weighted by Crippen LogP contribution is -2.53. The number of alkyl halides is 1. The first-order valence-corrected chi connectivity index (χ1v) is 14.6. The number of ether oxygens (including phenoxy) is 1. The molecule has 0 spiro atoms. The molecule has 206 valence electrons. The number of hydrogen-bond acceptors (Lipinski definition) is 6. The number of aromatic nitrogens is 1. The van der Waals surface area contributed by atoms with Gasteiger partial charge in [-0.2, -0.15) is 0 Å². The van der Waals surface area contributed by atoms with E-state index in [9.17, 15) is 17.6 Å². The Morgan fingerprint density at radius 1 is 1.18 bits per heavy atom. The van der Waals surface area contributed by atoms with E-state index in [1.807, 2.05) is 25.1 Å². The smallest absolute Gasteiger partial charge is 0.255 e. The fourth-order valence-electron chi connectivity index (χ4n) is 5.58. The second kappa shape index (κ2) is 11.1. The minimum absolute atomic E-state index is 0.155. The van der Waals surface area contributed by atoms with Crippen LogP contribution >= 0.6 is 0 Å². The molecule has 1 fully saturated rings. The predicted molar refractivity (Wildman–Crippen MR) is 152 cm³/mol. The number of amides is 1. The first kappa shape index (κ1) is 27.3. The van der Waals surface area contributed by atoms with Crippen molar-refractivity contribution in [1.29, 1.82) is 0 Å². The maximum Gasteiger partial charge on any atom is 0.255 e. The predicted octanol–water partition coefficient (Wildman–Crippen LogP) is 4.89. The molecule has 2 aliphatic rings. The van der Waals surface area contributed by atoms with E-state index in [-0.39, 0.29) is 29.3 Å². The monoisotopic (exact) mass is 551 g/mol. The zero-order chi connectivity index (χ0) is 27.7. The van der Waals surface area contributed by atoms with Crippen LogP contribution in [0.4, 0.5) is 15.8 Å². The Balaban J connectivity index is 1.42. The molecule has 0 aliphatic carbocycles. The number of morpholine rings is 1. The molecule has 2 atom stereocenters. The van der Waals surface area contributed by atoms with Crippen LogP contribution in [-0.4, -0.2) is 50.9 Å². The summed E-state index contributed by atoms with van der Waals surface area (Å²) < 4.78 is 42.7. The van der Waals surface area contributed by atoms with E-state index in [4.69, 9.17) is 4.74 Å². The fraction of sp³-hybridized carbons (Fsp3) is 0.400. The van der Waals surface area contributed by atoms with Crippen molar-refractivity contribution < 1.29 is 22.3 Å². The zero-order valence-corrected chi connectivity index (χ0v) is 23.3. The highest BCUT2D eigenvalue weighted by atomic mass is 32.2. The highest BCUT2D eigenvalue weighted by Crippen LogP contribution is 2.40. The number of hydrogen-bond donors (Lipinski definition) is 2. The van der Waals surface area contributed by atoms with Crippen LogP contribution in [0.25, 0.3) is 11.1 Å². The number of carbonyl (C=O) groups is 1. The molecule has 5 rings (SSSR count). The van der Waals surface area contributed by atoms with E-state index < -0.39 is 16.4 Å². The van der Waals surface area contributed by atoms with Crippen LogP contribution in [0.5, 0.6) is 0 Å². The first-order chi connectivity index (χ1) is 18.6. The number of benzene rings is 2. The molecule has 0 saturated carbocycles. The van der Waals surface area contributed by atoms with Crippen molar-refractivity contribution in [2.24, 2.45) is 5.92 Å². The van der Waals surface area contributed by atoms with Gasteiger partial charge in [-0.25, -0.2) is 12.8 Å². The van der Waals surface area contributed by atoms with Gasteiger partial charge in [-0.3, -0.25) is 9.78 Å². The second-order valence-electron chi connectivity index (χ2n) is 10.9. The molecule has 9 heteroatoms. The van der Waals surface area contributed by atoms with Crippen LogP contribution in [0, 0.1) is 12.8 Å². The van der Waals surface area contributed by atoms with Crippen LogP contribution in [-0.2, 0) is 27.5 Å². The maximum atomic E-state index is 14.4. The van der Waals surface area contributed by atoms with E-state index in [2.05, 4.69) is 33.4 Å². The van der Waals surface area contributed by atoms with Crippen LogP contribution in [0.1, 0.15) is 47.4 Å². The van der Waals surface area contributed by atoms with Crippen molar-refractivity contribution in [2.45, 2.75) is 45.3 Å². The van der Waals surface area contributed by atoms with E-state index in [1.165, 1.54) is 31.7 Å². The normalized spacial score (nSPS) is 18.9. The zero-order valence-electron chi connectivity index (χ0n) is 22.4. The summed E-state index contributed by atoms with van der Waals surface area (Å²) in [4.78, 5) is 19.4. The van der Waals surface area contributed by atoms with Crippen molar-refractivity contribution in [2.75, 3.05) is 35.7 Å². The molecule has 2 unspecified atom stereocenters. The Morgan fingerprint density at radius 3 is 2.77 bits per heavy atom. The van der Waals surface area contributed by atoms with Gasteiger partial charge in [0.1, 0.15) is 16.4 Å². The topological polar surface area (TPSA) is 88.6 Å². The van der Waals surface area contributed by atoms with E-state index in [0.717, 1.165) is 35.3 Å². The Morgan fingerprint density at radius 2 is 2.00 bits per heavy atom. The number of halogens is 1. The van der Waals surface area contributed by atoms with E-state index in [0.29, 0.717) is 30.9 Å². The lowest BCUT2D eigenvalue weighted by Gasteiger charge is -2.46. The van der Waals surface area contributed by atoms with Gasteiger partial charge in [0.15, 0.2) is 0 Å². The van der Waals surface area contributed by atoms with Crippen LogP contribution < -0.4 is 10.2 Å². The minimum atomic E-state index is -2.40. The standard InChI is InChI=1S/C30H34FN3O4S/c1-19-4-7-24(33-29(35)23-8-10-32-28(16-23)30(2,3)31)17-25(19)20-5-6-21-14-22(9-13-39(36)37)27-18-38-12-11-34(27)26(21)15-20/h4-8,10,15-17,22,27,39H,9,11-14,18H2,1-3H3,(H,33,35). The number of fused-ring (bicyclic) bond motifs is 3. The third-order valence-electron chi connectivity index (χ3n) is 7.71. The third kappa shape index (κ3) is 5.99. The van der Waals surface area contributed by atoms with Gasteiger partial charge in [0.05, 0.1) is 24.9 Å². The maximum absolute atomic E-state index is 14.4. The van der Waals surface area contributed by atoms with Crippen molar-refractivity contribution in [3.05, 3.63) is 77.1 Å². The molecule has 0 bridgehead atoms. The van der Waals surface area contributed by atoms with E-state index in [1.54, 1.807) is 6.07 Å². The molecule has 1 N–H and O–H groups in total. The van der Waals surface area contributed by atoms with Gasteiger partial charge in [0, 0.05) is 35.4 Å². The highest BCUT2D eigenvalue weighted by molar-refractivity contribution is 7.72. The third-order valence-corrected chi connectivity index (χ3v) is 8.33. The van der Waals surface area contributed by atoms with Crippen LogP contribution in [0.15, 0.2) is 54.7 Å². The van der Waals surface area contributed by atoms with Gasteiger partial charge in [0.25, 0.3) is 5.91 Å². The number of pyridine rings is 1. The summed E-state index contributed by atoms with van der Waals surface area (Å²) in [5, 5.41) is 2.95. The SMILES string of the molecule is Cc1ccc(NC(=O)c2ccnc(C(C)(C)F)c2)cc1-c1ccc2c(c1)N1CCOCC1C(CC[SH](=O)=O)C2. The fourth-order valence-corrected chi connectivity index (χ4v) is 6.12. The van der Waals surface area contributed by atoms with Gasteiger partial charge in [-0.1, -0.05) is 18.2 Å².